The van der Waals surface area contributed by atoms with E-state index in [4.69, 9.17) is 9.47 Å². The normalized spacial score (nSPS) is 11.7. The third kappa shape index (κ3) is 4.41. The molecule has 0 saturated carbocycles. The molecule has 3 aromatic rings. The van der Waals surface area contributed by atoms with Crippen molar-refractivity contribution in [2.24, 2.45) is 0 Å². The van der Waals surface area contributed by atoms with Gasteiger partial charge in [-0.2, -0.15) is 5.21 Å². The lowest BCUT2D eigenvalue weighted by atomic mass is 9.97. The van der Waals surface area contributed by atoms with Crippen LogP contribution in [0.25, 0.3) is 0 Å². The highest BCUT2D eigenvalue weighted by atomic mass is 16.5. The summed E-state index contributed by atoms with van der Waals surface area (Å²) in [5.74, 6) is 0.645. The largest absolute Gasteiger partial charge is 0.493 e. The lowest BCUT2D eigenvalue weighted by Gasteiger charge is -2.15. The average Bonchev–Trinajstić information content (AvgIpc) is 3.21. The van der Waals surface area contributed by atoms with Gasteiger partial charge in [-0.15, -0.1) is 10.2 Å². The molecule has 1 heterocycles. The van der Waals surface area contributed by atoms with Gasteiger partial charge in [-0.1, -0.05) is 35.0 Å². The summed E-state index contributed by atoms with van der Waals surface area (Å²) in [7, 11) is 3.10. The molecule has 2 aromatic carbocycles. The molecule has 1 amide bonds. The van der Waals surface area contributed by atoms with Crippen LogP contribution < -0.4 is 14.8 Å². The number of hydrogen-bond acceptors (Lipinski definition) is 6. The van der Waals surface area contributed by atoms with Crippen LogP contribution in [-0.4, -0.2) is 40.8 Å². The van der Waals surface area contributed by atoms with Gasteiger partial charge in [-0.3, -0.25) is 4.79 Å². The fraction of sp³-hybridized carbons (Fsp3) is 0.263. The second-order valence-electron chi connectivity index (χ2n) is 6.07. The van der Waals surface area contributed by atoms with Crippen LogP contribution in [-0.2, 0) is 11.2 Å². The minimum atomic E-state index is -0.584. The Labute approximate surface area is 156 Å². The van der Waals surface area contributed by atoms with Crippen molar-refractivity contribution >= 4 is 11.6 Å². The predicted molar refractivity (Wildman–Crippen MR) is 100.0 cm³/mol. The SMILES string of the molecule is COc1ccc(NC(=O)[C@H](Cc2ccc(C)cc2)c2nn[nH]n2)cc1OC. The van der Waals surface area contributed by atoms with Crippen LogP contribution in [0.1, 0.15) is 22.9 Å². The molecule has 0 bridgehead atoms. The third-order valence-corrected chi connectivity index (χ3v) is 4.20. The van der Waals surface area contributed by atoms with Gasteiger partial charge < -0.3 is 14.8 Å². The van der Waals surface area contributed by atoms with Gasteiger partial charge in [0.2, 0.25) is 5.91 Å². The van der Waals surface area contributed by atoms with Gasteiger partial charge in [0.05, 0.1) is 14.2 Å². The summed E-state index contributed by atoms with van der Waals surface area (Å²) in [6.07, 6.45) is 0.457. The molecule has 0 aliphatic rings. The van der Waals surface area contributed by atoms with Crippen LogP contribution in [0, 0.1) is 6.92 Å². The molecule has 8 heteroatoms. The molecule has 1 atom stereocenters. The number of nitrogens with one attached hydrogen (secondary N) is 2. The monoisotopic (exact) mass is 367 g/mol. The number of nitrogens with zero attached hydrogens (tertiary/aromatic N) is 3. The molecule has 0 aliphatic carbocycles. The van der Waals surface area contributed by atoms with Crippen molar-refractivity contribution in [1.29, 1.82) is 0 Å². The van der Waals surface area contributed by atoms with E-state index in [1.54, 1.807) is 32.4 Å². The quantitative estimate of drug-likeness (QED) is 0.665. The number of amides is 1. The van der Waals surface area contributed by atoms with Crippen molar-refractivity contribution < 1.29 is 14.3 Å². The number of aromatic amines is 1. The molecule has 27 heavy (non-hydrogen) atoms. The summed E-state index contributed by atoms with van der Waals surface area (Å²) in [6, 6.07) is 13.2. The lowest BCUT2D eigenvalue weighted by molar-refractivity contribution is -0.117. The molecule has 2 N–H and O–H groups in total. The zero-order valence-corrected chi connectivity index (χ0v) is 15.4. The number of tetrazole rings is 1. The van der Waals surface area contributed by atoms with Crippen LogP contribution >= 0.6 is 0 Å². The van der Waals surface area contributed by atoms with Crippen molar-refractivity contribution in [3.63, 3.8) is 0 Å². The van der Waals surface area contributed by atoms with E-state index >= 15 is 0 Å². The Hall–Kier alpha value is -3.42. The van der Waals surface area contributed by atoms with Gasteiger partial charge in [0, 0.05) is 11.8 Å². The zero-order valence-electron chi connectivity index (χ0n) is 15.4. The van der Waals surface area contributed by atoms with E-state index in [-0.39, 0.29) is 5.91 Å². The smallest absolute Gasteiger partial charge is 0.235 e. The van der Waals surface area contributed by atoms with E-state index in [0.717, 1.165) is 11.1 Å². The Morgan fingerprint density at radius 3 is 2.48 bits per heavy atom. The lowest BCUT2D eigenvalue weighted by Crippen LogP contribution is -2.24. The third-order valence-electron chi connectivity index (χ3n) is 4.20. The summed E-state index contributed by atoms with van der Waals surface area (Å²) in [6.45, 7) is 2.02. The van der Waals surface area contributed by atoms with Crippen molar-refractivity contribution in [2.45, 2.75) is 19.3 Å². The maximum atomic E-state index is 12.9. The molecule has 0 spiro atoms. The van der Waals surface area contributed by atoms with Crippen molar-refractivity contribution in [3.8, 4) is 11.5 Å². The number of anilines is 1. The number of ether oxygens (including phenoxy) is 2. The van der Waals surface area contributed by atoms with E-state index < -0.39 is 5.92 Å². The first-order chi connectivity index (χ1) is 13.1. The number of aromatic nitrogens is 4. The maximum absolute atomic E-state index is 12.9. The fourth-order valence-corrected chi connectivity index (χ4v) is 2.72. The minimum absolute atomic E-state index is 0.232. The van der Waals surface area contributed by atoms with Crippen LogP contribution in [0.4, 0.5) is 5.69 Å². The van der Waals surface area contributed by atoms with Crippen molar-refractivity contribution in [3.05, 3.63) is 59.4 Å². The van der Waals surface area contributed by atoms with Gasteiger partial charge in [0.15, 0.2) is 17.3 Å². The summed E-state index contributed by atoms with van der Waals surface area (Å²) in [4.78, 5) is 12.9. The van der Waals surface area contributed by atoms with E-state index in [1.165, 1.54) is 0 Å². The van der Waals surface area contributed by atoms with E-state index in [1.807, 2.05) is 31.2 Å². The summed E-state index contributed by atoms with van der Waals surface area (Å²) >= 11 is 0. The van der Waals surface area contributed by atoms with Gasteiger partial charge in [0.1, 0.15) is 5.92 Å². The highest BCUT2D eigenvalue weighted by Crippen LogP contribution is 2.30. The van der Waals surface area contributed by atoms with Gasteiger partial charge >= 0.3 is 0 Å². The standard InChI is InChI=1S/C19H21N5O3/c1-12-4-6-13(7-5-12)10-15(18-21-23-24-22-18)19(25)20-14-8-9-16(26-2)17(11-14)27-3/h4-9,11,15H,10H2,1-3H3,(H,20,25)(H,21,22,23,24)/t15-/m1/s1. The average molecular weight is 367 g/mol. The predicted octanol–water partition coefficient (Wildman–Crippen LogP) is 2.49. The topological polar surface area (TPSA) is 102 Å². The summed E-state index contributed by atoms with van der Waals surface area (Å²) in [5.41, 5.74) is 2.76. The molecule has 0 unspecified atom stereocenters. The van der Waals surface area contributed by atoms with Crippen molar-refractivity contribution in [2.75, 3.05) is 19.5 Å². The molecule has 8 nitrogen and oxygen atoms in total. The van der Waals surface area contributed by atoms with Crippen molar-refractivity contribution in [1.82, 2.24) is 20.6 Å². The number of benzene rings is 2. The van der Waals surface area contributed by atoms with Crippen LogP contribution in [0.2, 0.25) is 0 Å². The number of methoxy groups -OCH3 is 2. The Morgan fingerprint density at radius 2 is 1.85 bits per heavy atom. The van der Waals surface area contributed by atoms with Gasteiger partial charge in [0.25, 0.3) is 0 Å². The number of aryl methyl sites for hydroxylation is 1. The first-order valence-corrected chi connectivity index (χ1v) is 8.42. The number of carbonyl (C=O) groups excluding carboxylic acids is 1. The molecule has 140 valence electrons. The fourth-order valence-electron chi connectivity index (χ4n) is 2.72. The Morgan fingerprint density at radius 1 is 1.11 bits per heavy atom. The van der Waals surface area contributed by atoms with E-state index in [9.17, 15) is 4.79 Å². The van der Waals surface area contributed by atoms with E-state index in [0.29, 0.717) is 29.4 Å². The first kappa shape index (κ1) is 18.4. The molecule has 0 fully saturated rings. The first-order valence-electron chi connectivity index (χ1n) is 8.42. The maximum Gasteiger partial charge on any atom is 0.235 e. The number of hydrogen-bond donors (Lipinski definition) is 2. The van der Waals surface area contributed by atoms with Crippen LogP contribution in [0.5, 0.6) is 11.5 Å². The highest BCUT2D eigenvalue weighted by Gasteiger charge is 2.25. The Bertz CT molecular complexity index is 894. The van der Waals surface area contributed by atoms with Gasteiger partial charge in [-0.25, -0.2) is 0 Å². The second kappa shape index (κ2) is 8.31. The minimum Gasteiger partial charge on any atom is -0.493 e. The van der Waals surface area contributed by atoms with E-state index in [2.05, 4.69) is 25.9 Å². The Kier molecular flexibility index (Phi) is 5.65. The number of H-pyrrole nitrogens is 1. The molecule has 1 aromatic heterocycles. The molecular weight excluding hydrogens is 346 g/mol. The zero-order chi connectivity index (χ0) is 19.2. The molecule has 0 saturated heterocycles. The van der Waals surface area contributed by atoms with Gasteiger partial charge in [-0.05, 0) is 31.0 Å². The summed E-state index contributed by atoms with van der Waals surface area (Å²) < 4.78 is 10.5. The molecule has 3 rings (SSSR count). The number of rotatable bonds is 7. The highest BCUT2D eigenvalue weighted by molar-refractivity contribution is 5.95. The molecular formula is C19H21N5O3. The summed E-state index contributed by atoms with van der Waals surface area (Å²) in [5, 5.41) is 16.9. The van der Waals surface area contributed by atoms with Crippen LogP contribution in [0.15, 0.2) is 42.5 Å². The molecule has 0 radical (unpaired) electrons. The second-order valence-corrected chi connectivity index (χ2v) is 6.07. The number of carbonyl (C=O) groups is 1. The van der Waals surface area contributed by atoms with Crippen LogP contribution in [0.3, 0.4) is 0 Å². The Balaban J connectivity index is 1.82. The molecule has 0 aliphatic heterocycles.